The first-order valence-corrected chi connectivity index (χ1v) is 19.6. The number of benzene rings is 8. The van der Waals surface area contributed by atoms with E-state index in [1.807, 2.05) is 0 Å². The van der Waals surface area contributed by atoms with Gasteiger partial charge >= 0.3 is 0 Å². The Kier molecular flexibility index (Phi) is 8.45. The molecule has 4 nitrogen and oxygen atoms in total. The molecule has 0 radical (unpaired) electrons. The van der Waals surface area contributed by atoms with E-state index in [0.29, 0.717) is 0 Å². The Morgan fingerprint density at radius 1 is 0.526 bits per heavy atom. The fourth-order valence-corrected chi connectivity index (χ4v) is 8.83. The topological polar surface area (TPSA) is 24.9 Å². The fourth-order valence-electron chi connectivity index (χ4n) is 8.83. The maximum atomic E-state index is 6.96. The van der Waals surface area contributed by atoms with Crippen molar-refractivity contribution in [1.29, 1.82) is 0 Å². The predicted octanol–water partition coefficient (Wildman–Crippen LogP) is 11.6. The highest BCUT2D eigenvalue weighted by Gasteiger charge is 2.41. The largest absolute Gasteiger partial charge is 0.496 e. The lowest BCUT2D eigenvalue weighted by molar-refractivity contribution is 0.401. The van der Waals surface area contributed by atoms with Crippen molar-refractivity contribution >= 4 is 57.2 Å². The summed E-state index contributed by atoms with van der Waals surface area (Å²) in [6.07, 6.45) is 0. The Bertz CT molecular complexity index is 2730. The molecule has 5 heteroatoms. The number of ether oxygens (including phenoxy) is 2. The highest BCUT2D eigenvalue weighted by molar-refractivity contribution is 6.99. The summed E-state index contributed by atoms with van der Waals surface area (Å²) in [5.74, 6) is 2.59. The van der Waals surface area contributed by atoms with Crippen molar-refractivity contribution in [2.45, 2.75) is 19.3 Å². The lowest BCUT2D eigenvalue weighted by Gasteiger charge is -2.40. The number of para-hydroxylation sites is 2. The zero-order chi connectivity index (χ0) is 38.5. The molecule has 0 atom stereocenters. The van der Waals surface area contributed by atoms with E-state index in [2.05, 4.69) is 218 Å². The molecule has 0 saturated carbocycles. The average molecular weight is 737 g/mol. The van der Waals surface area contributed by atoms with E-state index in [0.717, 1.165) is 56.7 Å². The molecule has 8 aromatic carbocycles. The van der Waals surface area contributed by atoms with Gasteiger partial charge in [-0.3, -0.25) is 0 Å². The van der Waals surface area contributed by atoms with E-state index >= 15 is 0 Å². The minimum absolute atomic E-state index is 0.0167. The van der Waals surface area contributed by atoms with Crippen LogP contribution in [0.4, 0.5) is 34.1 Å². The maximum absolute atomic E-state index is 6.96. The Labute approximate surface area is 335 Å². The molecule has 0 fully saturated rings. The molecule has 0 aliphatic carbocycles. The van der Waals surface area contributed by atoms with E-state index in [9.17, 15) is 0 Å². The van der Waals surface area contributed by atoms with Gasteiger partial charge in [-0.05, 0) is 99.8 Å². The van der Waals surface area contributed by atoms with Crippen LogP contribution in [0, 0.1) is 0 Å². The van der Waals surface area contributed by atoms with E-state index in [1.165, 1.54) is 33.3 Å². The van der Waals surface area contributed by atoms with Gasteiger partial charge in [0.05, 0.1) is 7.11 Å². The van der Waals surface area contributed by atoms with Crippen molar-refractivity contribution in [2.75, 3.05) is 16.9 Å². The van der Waals surface area contributed by atoms with Crippen LogP contribution in [0.25, 0.3) is 11.1 Å². The van der Waals surface area contributed by atoms with Crippen molar-refractivity contribution in [2.24, 2.45) is 0 Å². The third kappa shape index (κ3) is 5.86. The van der Waals surface area contributed by atoms with Crippen LogP contribution in [0.3, 0.4) is 0 Å². The van der Waals surface area contributed by atoms with Gasteiger partial charge in [0.25, 0.3) is 6.71 Å². The fraction of sp³-hybridized carbons (Fsp3) is 0.0769. The molecule has 0 N–H and O–H groups in total. The first-order chi connectivity index (χ1) is 28.0. The van der Waals surface area contributed by atoms with Gasteiger partial charge in [0.1, 0.15) is 17.2 Å². The highest BCUT2D eigenvalue weighted by atomic mass is 16.5. The van der Waals surface area contributed by atoms with Gasteiger partial charge in [-0.15, -0.1) is 0 Å². The Balaban J connectivity index is 1.13. The summed E-state index contributed by atoms with van der Waals surface area (Å²) in [6.45, 7) is 4.55. The number of methoxy groups -OCH3 is 1. The standard InChI is InChI=1S/C52H41BN2O2/c1-52(2,38-18-9-5-10-19-38)43-34-41(31-33-48(43)56-3)54(40-28-26-37(27-29-40)36-16-7-4-8-17-36)42-30-32-45-50(35-42)57-49-25-15-24-47-51(49)53(45)44-22-13-14-23-46(44)55(47)39-20-11-6-12-21-39/h4-35H,1-3H3. The minimum atomic E-state index is -0.326. The Morgan fingerprint density at radius 3 is 1.89 bits per heavy atom. The first kappa shape index (κ1) is 34.5. The molecule has 274 valence electrons. The van der Waals surface area contributed by atoms with Crippen LogP contribution < -0.4 is 35.7 Å². The normalized spacial score (nSPS) is 12.5. The van der Waals surface area contributed by atoms with Crippen molar-refractivity contribution in [3.8, 4) is 28.4 Å². The Morgan fingerprint density at radius 2 is 1.14 bits per heavy atom. The zero-order valence-corrected chi connectivity index (χ0v) is 32.3. The summed E-state index contributed by atoms with van der Waals surface area (Å²) in [7, 11) is 1.76. The molecule has 2 aliphatic heterocycles. The van der Waals surface area contributed by atoms with Crippen molar-refractivity contribution < 1.29 is 9.47 Å². The van der Waals surface area contributed by atoms with Gasteiger partial charge in [-0.1, -0.05) is 135 Å². The first-order valence-electron chi connectivity index (χ1n) is 19.6. The molecular formula is C52H41BN2O2. The molecular weight excluding hydrogens is 695 g/mol. The lowest BCUT2D eigenvalue weighted by Crippen LogP contribution is -2.59. The molecule has 57 heavy (non-hydrogen) atoms. The number of hydrogen-bond acceptors (Lipinski definition) is 4. The third-order valence-electron chi connectivity index (χ3n) is 11.7. The maximum Gasteiger partial charge on any atom is 0.256 e. The van der Waals surface area contributed by atoms with Crippen molar-refractivity contribution in [3.05, 3.63) is 205 Å². The summed E-state index contributed by atoms with van der Waals surface area (Å²) in [6, 6.07) is 69.2. The predicted molar refractivity (Wildman–Crippen MR) is 238 cm³/mol. The summed E-state index contributed by atoms with van der Waals surface area (Å²) in [5, 5.41) is 0. The third-order valence-corrected chi connectivity index (χ3v) is 11.7. The summed E-state index contributed by atoms with van der Waals surface area (Å²) in [4.78, 5) is 4.70. The average Bonchev–Trinajstić information content (AvgIpc) is 3.27. The molecule has 0 unspecified atom stereocenters. The second kappa shape index (κ2) is 14.0. The van der Waals surface area contributed by atoms with E-state index in [1.54, 1.807) is 7.11 Å². The number of rotatable bonds is 8. The monoisotopic (exact) mass is 736 g/mol. The summed E-state index contributed by atoms with van der Waals surface area (Å²) >= 11 is 0. The molecule has 2 heterocycles. The van der Waals surface area contributed by atoms with E-state index in [-0.39, 0.29) is 12.1 Å². The summed E-state index contributed by atoms with van der Waals surface area (Å²) in [5.41, 5.74) is 14.5. The smallest absolute Gasteiger partial charge is 0.256 e. The molecule has 0 amide bonds. The quantitative estimate of drug-likeness (QED) is 0.145. The number of anilines is 6. The molecule has 10 rings (SSSR count). The molecule has 8 aromatic rings. The lowest BCUT2D eigenvalue weighted by atomic mass is 9.34. The highest BCUT2D eigenvalue weighted by Crippen LogP contribution is 2.45. The van der Waals surface area contributed by atoms with Crippen LogP contribution in [0.2, 0.25) is 0 Å². The van der Waals surface area contributed by atoms with Gasteiger partial charge in [-0.2, -0.15) is 0 Å². The van der Waals surface area contributed by atoms with Gasteiger partial charge in [-0.25, -0.2) is 0 Å². The van der Waals surface area contributed by atoms with Gasteiger partial charge < -0.3 is 19.3 Å². The van der Waals surface area contributed by atoms with Crippen molar-refractivity contribution in [3.63, 3.8) is 0 Å². The van der Waals surface area contributed by atoms with Crippen molar-refractivity contribution in [1.82, 2.24) is 0 Å². The number of hydrogen-bond donors (Lipinski definition) is 0. The van der Waals surface area contributed by atoms with Gasteiger partial charge in [0, 0.05) is 51.2 Å². The van der Waals surface area contributed by atoms with E-state index in [4.69, 9.17) is 9.47 Å². The molecule has 0 bridgehead atoms. The molecule has 2 aliphatic rings. The SMILES string of the molecule is COc1ccc(N(c2ccc(-c3ccccc3)cc2)c2ccc3c(c2)Oc2cccc4c2B3c2ccccc2N4c2ccccc2)cc1C(C)(C)c1ccccc1. The molecule has 0 spiro atoms. The molecule has 0 saturated heterocycles. The second-order valence-electron chi connectivity index (χ2n) is 15.3. The minimum Gasteiger partial charge on any atom is -0.496 e. The van der Waals surface area contributed by atoms with Crippen LogP contribution in [0.15, 0.2) is 194 Å². The number of fused-ring (bicyclic) bond motifs is 4. The van der Waals surface area contributed by atoms with Crippen LogP contribution in [-0.4, -0.2) is 13.8 Å². The molecule has 0 aromatic heterocycles. The van der Waals surface area contributed by atoms with Crippen LogP contribution in [-0.2, 0) is 5.41 Å². The summed E-state index contributed by atoms with van der Waals surface area (Å²) < 4.78 is 13.0. The van der Waals surface area contributed by atoms with Gasteiger partial charge in [0.2, 0.25) is 0 Å². The van der Waals surface area contributed by atoms with Gasteiger partial charge in [0.15, 0.2) is 0 Å². The number of nitrogens with zero attached hydrogens (tertiary/aromatic N) is 2. The van der Waals surface area contributed by atoms with Crippen LogP contribution in [0.1, 0.15) is 25.0 Å². The second-order valence-corrected chi connectivity index (χ2v) is 15.3. The van der Waals surface area contributed by atoms with Crippen LogP contribution >= 0.6 is 0 Å². The van der Waals surface area contributed by atoms with Crippen LogP contribution in [0.5, 0.6) is 17.2 Å². The zero-order valence-electron chi connectivity index (χ0n) is 32.3. The Hall–Kier alpha value is -6.98. The van der Waals surface area contributed by atoms with E-state index < -0.39 is 0 Å².